The minimum atomic E-state index is -1.31. The third-order valence-corrected chi connectivity index (χ3v) is 5.77. The van der Waals surface area contributed by atoms with Gasteiger partial charge in [0.25, 0.3) is 0 Å². The molecule has 1 aromatic rings. The molecule has 1 N–H and O–H groups in total. The molecule has 0 aliphatic rings. The molecule has 132 valence electrons. The van der Waals surface area contributed by atoms with Crippen LogP contribution in [0.15, 0.2) is 18.2 Å². The number of halogens is 2. The summed E-state index contributed by atoms with van der Waals surface area (Å²) in [6.07, 6.45) is 2.56. The van der Waals surface area contributed by atoms with Gasteiger partial charge in [-0.1, -0.05) is 27.2 Å². The van der Waals surface area contributed by atoms with E-state index in [0.717, 1.165) is 18.9 Å². The van der Waals surface area contributed by atoms with Gasteiger partial charge >= 0.3 is 0 Å². The maximum atomic E-state index is 13.6. The van der Waals surface area contributed by atoms with Gasteiger partial charge in [0.1, 0.15) is 16.4 Å². The third-order valence-electron chi connectivity index (χ3n) is 4.16. The molecular weight excluding hydrogens is 316 g/mol. The van der Waals surface area contributed by atoms with Crippen molar-refractivity contribution in [1.29, 1.82) is 0 Å². The molecular formula is C18H29F2NOS. The van der Waals surface area contributed by atoms with Gasteiger partial charge in [0.05, 0.1) is 6.04 Å². The predicted octanol–water partition coefficient (Wildman–Crippen LogP) is 5.27. The van der Waals surface area contributed by atoms with E-state index in [1.165, 1.54) is 12.1 Å². The Morgan fingerprint density at radius 3 is 2.04 bits per heavy atom. The van der Waals surface area contributed by atoms with Crippen LogP contribution in [0.1, 0.15) is 72.4 Å². The van der Waals surface area contributed by atoms with E-state index in [0.29, 0.717) is 12.0 Å². The Hall–Kier alpha value is -0.650. The van der Waals surface area contributed by atoms with Crippen LogP contribution >= 0.6 is 0 Å². The van der Waals surface area contributed by atoms with Crippen molar-refractivity contribution in [2.45, 2.75) is 71.6 Å². The van der Waals surface area contributed by atoms with Crippen molar-refractivity contribution in [3.05, 3.63) is 35.4 Å². The van der Waals surface area contributed by atoms with Crippen molar-refractivity contribution in [3.63, 3.8) is 0 Å². The Morgan fingerprint density at radius 1 is 1.09 bits per heavy atom. The van der Waals surface area contributed by atoms with Crippen LogP contribution in [-0.2, 0) is 11.4 Å². The Morgan fingerprint density at radius 2 is 1.61 bits per heavy atom. The minimum Gasteiger partial charge on any atom is -0.598 e. The highest BCUT2D eigenvalue weighted by Crippen LogP contribution is 2.32. The van der Waals surface area contributed by atoms with Crippen LogP contribution in [0.2, 0.25) is 0 Å². The summed E-state index contributed by atoms with van der Waals surface area (Å²) in [5.74, 6) is -1.22. The van der Waals surface area contributed by atoms with Gasteiger partial charge in [-0.2, -0.15) is 0 Å². The van der Waals surface area contributed by atoms with Crippen molar-refractivity contribution >= 4 is 11.4 Å². The molecule has 0 radical (unpaired) electrons. The molecule has 0 saturated carbocycles. The van der Waals surface area contributed by atoms with Crippen LogP contribution in [0.25, 0.3) is 0 Å². The molecule has 1 rings (SSSR count). The van der Waals surface area contributed by atoms with Gasteiger partial charge in [0.2, 0.25) is 0 Å². The molecule has 23 heavy (non-hydrogen) atoms. The van der Waals surface area contributed by atoms with Crippen LogP contribution in [0.3, 0.4) is 0 Å². The Balaban J connectivity index is 3.00. The van der Waals surface area contributed by atoms with E-state index in [1.807, 2.05) is 20.8 Å². The zero-order valence-electron chi connectivity index (χ0n) is 15.0. The molecule has 1 unspecified atom stereocenters. The average Bonchev–Trinajstić information content (AvgIpc) is 2.41. The van der Waals surface area contributed by atoms with Gasteiger partial charge in [0, 0.05) is 17.4 Å². The number of rotatable bonds is 7. The van der Waals surface area contributed by atoms with Crippen molar-refractivity contribution in [1.82, 2.24) is 4.72 Å². The molecule has 0 saturated heterocycles. The molecule has 0 heterocycles. The lowest BCUT2D eigenvalue weighted by Crippen LogP contribution is -2.41. The molecule has 0 aliphatic carbocycles. The fourth-order valence-electron chi connectivity index (χ4n) is 2.09. The first-order valence-electron chi connectivity index (χ1n) is 8.08. The second-order valence-electron chi connectivity index (χ2n) is 7.81. The predicted molar refractivity (Wildman–Crippen MR) is 93.4 cm³/mol. The summed E-state index contributed by atoms with van der Waals surface area (Å²) < 4.78 is 42.2. The maximum Gasteiger partial charge on any atom is 0.136 e. The number of hydrogen-bond donors (Lipinski definition) is 1. The largest absolute Gasteiger partial charge is 0.598 e. The van der Waals surface area contributed by atoms with Crippen LogP contribution < -0.4 is 4.72 Å². The van der Waals surface area contributed by atoms with E-state index in [-0.39, 0.29) is 11.5 Å². The summed E-state index contributed by atoms with van der Waals surface area (Å²) in [6, 6.07) is 3.15. The van der Waals surface area contributed by atoms with Crippen LogP contribution in [0.4, 0.5) is 8.78 Å². The SMILES string of the molecule is CCC(C)(C)CC[C@H](N[S+]([O-])C(C)(C)C)c1cc(F)cc(F)c1. The zero-order chi connectivity index (χ0) is 17.8. The second-order valence-corrected chi connectivity index (χ2v) is 9.81. The fraction of sp³-hybridized carbons (Fsp3) is 0.667. The van der Waals surface area contributed by atoms with E-state index in [4.69, 9.17) is 0 Å². The summed E-state index contributed by atoms with van der Waals surface area (Å²) in [6.45, 7) is 12.1. The van der Waals surface area contributed by atoms with E-state index < -0.39 is 27.7 Å². The van der Waals surface area contributed by atoms with E-state index >= 15 is 0 Å². The minimum absolute atomic E-state index is 0.134. The molecule has 2 nitrogen and oxygen atoms in total. The zero-order valence-corrected chi connectivity index (χ0v) is 15.8. The van der Waals surface area contributed by atoms with Crippen LogP contribution in [0, 0.1) is 17.0 Å². The fourth-order valence-corrected chi connectivity index (χ4v) is 2.95. The summed E-state index contributed by atoms with van der Waals surface area (Å²) in [7, 11) is 0. The molecule has 0 spiro atoms. The Labute approximate surface area is 142 Å². The molecule has 0 fully saturated rings. The quantitative estimate of drug-likeness (QED) is 0.683. The summed E-state index contributed by atoms with van der Waals surface area (Å²) >= 11 is -1.31. The first-order valence-corrected chi connectivity index (χ1v) is 9.23. The molecule has 0 aromatic heterocycles. The molecule has 1 aromatic carbocycles. The van der Waals surface area contributed by atoms with Gasteiger partial charge < -0.3 is 4.55 Å². The molecule has 2 atom stereocenters. The standard InChI is InChI=1S/C18H29F2NOS/c1-7-18(5,6)9-8-16(21-23(22)17(2,3)4)13-10-14(19)12-15(20)11-13/h10-12,16,21H,7-9H2,1-6H3/t16-,23?/m0/s1. The lowest BCUT2D eigenvalue weighted by atomic mass is 9.83. The highest BCUT2D eigenvalue weighted by molar-refractivity contribution is 7.90. The Bertz CT molecular complexity index is 494. The van der Waals surface area contributed by atoms with Gasteiger partial charge in [-0.25, -0.2) is 8.78 Å². The van der Waals surface area contributed by atoms with E-state index in [2.05, 4.69) is 25.5 Å². The first kappa shape index (κ1) is 20.4. The molecule has 5 heteroatoms. The van der Waals surface area contributed by atoms with Crippen LogP contribution in [-0.4, -0.2) is 9.30 Å². The van der Waals surface area contributed by atoms with Crippen molar-refractivity contribution in [2.75, 3.05) is 0 Å². The number of benzene rings is 1. The molecule has 0 bridgehead atoms. The lowest BCUT2D eigenvalue weighted by Gasteiger charge is -2.30. The van der Waals surface area contributed by atoms with Crippen LogP contribution in [0.5, 0.6) is 0 Å². The van der Waals surface area contributed by atoms with E-state index in [9.17, 15) is 13.3 Å². The average molecular weight is 345 g/mol. The second kappa shape index (κ2) is 7.95. The monoisotopic (exact) mass is 345 g/mol. The number of nitrogens with one attached hydrogen (secondary N) is 1. The molecule has 0 aliphatic heterocycles. The maximum absolute atomic E-state index is 13.6. The normalized spacial score (nSPS) is 15.5. The summed E-state index contributed by atoms with van der Waals surface area (Å²) in [4.78, 5) is 0. The van der Waals surface area contributed by atoms with Crippen molar-refractivity contribution < 1.29 is 13.3 Å². The third kappa shape index (κ3) is 6.77. The van der Waals surface area contributed by atoms with E-state index in [1.54, 1.807) is 0 Å². The number of hydrogen-bond acceptors (Lipinski definition) is 2. The van der Waals surface area contributed by atoms with Gasteiger partial charge in [-0.3, -0.25) is 0 Å². The highest BCUT2D eigenvalue weighted by Gasteiger charge is 2.31. The van der Waals surface area contributed by atoms with Gasteiger partial charge in [-0.15, -0.1) is 4.72 Å². The Kier molecular flexibility index (Phi) is 7.05. The van der Waals surface area contributed by atoms with Crippen molar-refractivity contribution in [3.8, 4) is 0 Å². The lowest BCUT2D eigenvalue weighted by molar-refractivity contribution is 0.297. The first-order chi connectivity index (χ1) is 10.4. The molecule has 0 amide bonds. The smallest absolute Gasteiger partial charge is 0.136 e. The van der Waals surface area contributed by atoms with Gasteiger partial charge in [-0.05, 0) is 56.7 Å². The highest BCUT2D eigenvalue weighted by atomic mass is 32.2. The topological polar surface area (TPSA) is 35.1 Å². The van der Waals surface area contributed by atoms with Gasteiger partial charge in [0.15, 0.2) is 0 Å². The summed E-state index contributed by atoms with van der Waals surface area (Å²) in [5.41, 5.74) is 0.640. The van der Waals surface area contributed by atoms with Crippen molar-refractivity contribution in [2.24, 2.45) is 5.41 Å². The summed E-state index contributed by atoms with van der Waals surface area (Å²) in [5, 5.41) is 0.